The lowest BCUT2D eigenvalue weighted by molar-refractivity contribution is -0.116. The molecule has 0 fully saturated rings. The maximum atomic E-state index is 13.0. The van der Waals surface area contributed by atoms with Gasteiger partial charge in [0.15, 0.2) is 0 Å². The fraction of sp³-hybridized carbons (Fsp3) is 0.316. The summed E-state index contributed by atoms with van der Waals surface area (Å²) in [6.45, 7) is 3.66. The molecule has 0 aliphatic heterocycles. The molecule has 2 rings (SSSR count). The van der Waals surface area contributed by atoms with Crippen LogP contribution in [0.15, 0.2) is 51.8 Å². The summed E-state index contributed by atoms with van der Waals surface area (Å²) in [7, 11) is -2.28. The van der Waals surface area contributed by atoms with Gasteiger partial charge in [-0.05, 0) is 49.2 Å². The topological polar surface area (TPSA) is 75.7 Å². The summed E-state index contributed by atoms with van der Waals surface area (Å²) >= 11 is 3.37. The second-order valence-corrected chi connectivity index (χ2v) is 8.79. The number of nitrogens with zero attached hydrogens (tertiary/aromatic N) is 1. The molecule has 0 heterocycles. The number of hydrogen-bond acceptors (Lipinski definition) is 4. The third-order valence-electron chi connectivity index (χ3n) is 3.94. The van der Waals surface area contributed by atoms with Crippen molar-refractivity contribution in [1.82, 2.24) is 4.31 Å². The van der Waals surface area contributed by atoms with E-state index in [1.165, 1.54) is 17.5 Å². The Morgan fingerprint density at radius 3 is 2.56 bits per heavy atom. The number of carbonyl (C=O) groups excluding carboxylic acids is 1. The molecule has 8 heteroatoms. The van der Waals surface area contributed by atoms with Gasteiger partial charge in [-0.3, -0.25) is 4.79 Å². The molecule has 0 aliphatic rings. The summed E-state index contributed by atoms with van der Waals surface area (Å²) in [5.41, 5.74) is 1.31. The fourth-order valence-corrected chi connectivity index (χ4v) is 4.38. The summed E-state index contributed by atoms with van der Waals surface area (Å²) < 4.78 is 33.2. The van der Waals surface area contributed by atoms with Gasteiger partial charge in [0.25, 0.3) is 0 Å². The number of para-hydroxylation sites is 2. The molecule has 0 atom stereocenters. The van der Waals surface area contributed by atoms with Crippen molar-refractivity contribution < 1.29 is 17.9 Å². The highest BCUT2D eigenvalue weighted by Gasteiger charge is 2.26. The van der Waals surface area contributed by atoms with Gasteiger partial charge in [0.2, 0.25) is 15.9 Å². The van der Waals surface area contributed by atoms with E-state index in [4.69, 9.17) is 4.74 Å². The second-order valence-electron chi connectivity index (χ2n) is 6.00. The first-order chi connectivity index (χ1) is 12.8. The summed E-state index contributed by atoms with van der Waals surface area (Å²) in [6.07, 6.45) is 0.594. The van der Waals surface area contributed by atoms with E-state index < -0.39 is 15.9 Å². The largest absolute Gasteiger partial charge is 0.495 e. The van der Waals surface area contributed by atoms with Crippen molar-refractivity contribution in [2.45, 2.75) is 25.2 Å². The molecule has 0 saturated heterocycles. The van der Waals surface area contributed by atoms with Gasteiger partial charge in [-0.1, -0.05) is 35.0 Å². The number of carbonyl (C=O) groups is 1. The van der Waals surface area contributed by atoms with Crippen LogP contribution in [0.5, 0.6) is 5.75 Å². The van der Waals surface area contributed by atoms with E-state index in [-0.39, 0.29) is 18.0 Å². The number of amides is 1. The van der Waals surface area contributed by atoms with E-state index in [1.54, 1.807) is 36.4 Å². The molecule has 1 N–H and O–H groups in total. The van der Waals surface area contributed by atoms with E-state index in [0.717, 1.165) is 10.0 Å². The molecule has 0 unspecified atom stereocenters. The first kappa shape index (κ1) is 21.4. The van der Waals surface area contributed by atoms with Gasteiger partial charge in [0.05, 0.1) is 24.2 Å². The molecule has 6 nitrogen and oxygen atoms in total. The highest BCUT2D eigenvalue weighted by Crippen LogP contribution is 2.25. The number of sulfonamides is 1. The zero-order valence-electron chi connectivity index (χ0n) is 15.5. The van der Waals surface area contributed by atoms with Crippen LogP contribution in [0, 0.1) is 6.92 Å². The molecular weight excluding hydrogens is 432 g/mol. The van der Waals surface area contributed by atoms with Crippen LogP contribution in [-0.4, -0.2) is 38.8 Å². The van der Waals surface area contributed by atoms with Gasteiger partial charge in [-0.2, -0.15) is 4.31 Å². The molecule has 2 aromatic rings. The van der Waals surface area contributed by atoms with Gasteiger partial charge < -0.3 is 10.1 Å². The van der Waals surface area contributed by atoms with Crippen molar-refractivity contribution in [1.29, 1.82) is 0 Å². The minimum absolute atomic E-state index is 0.168. The Morgan fingerprint density at radius 1 is 1.22 bits per heavy atom. The Hall–Kier alpha value is -1.90. The lowest BCUT2D eigenvalue weighted by Gasteiger charge is -2.22. The first-order valence-corrected chi connectivity index (χ1v) is 10.7. The zero-order chi connectivity index (χ0) is 20.0. The predicted molar refractivity (Wildman–Crippen MR) is 110 cm³/mol. The Kier molecular flexibility index (Phi) is 7.41. The second kappa shape index (κ2) is 9.34. The zero-order valence-corrected chi connectivity index (χ0v) is 17.9. The molecule has 27 heavy (non-hydrogen) atoms. The quantitative estimate of drug-likeness (QED) is 0.657. The lowest BCUT2D eigenvalue weighted by atomic mass is 10.2. The monoisotopic (exact) mass is 454 g/mol. The van der Waals surface area contributed by atoms with Gasteiger partial charge in [0, 0.05) is 11.0 Å². The summed E-state index contributed by atoms with van der Waals surface area (Å²) in [4.78, 5) is 12.7. The third-order valence-corrected chi connectivity index (χ3v) is 6.67. The minimum atomic E-state index is -3.79. The Balaban J connectivity index is 2.23. The Bertz CT molecular complexity index is 916. The highest BCUT2D eigenvalue weighted by molar-refractivity contribution is 9.10. The van der Waals surface area contributed by atoms with Crippen LogP contribution in [0.2, 0.25) is 0 Å². The van der Waals surface area contributed by atoms with E-state index in [2.05, 4.69) is 21.2 Å². The maximum Gasteiger partial charge on any atom is 0.243 e. The van der Waals surface area contributed by atoms with Crippen LogP contribution in [-0.2, 0) is 14.8 Å². The molecule has 0 aliphatic carbocycles. The molecule has 0 radical (unpaired) electrons. The van der Waals surface area contributed by atoms with E-state index >= 15 is 0 Å². The van der Waals surface area contributed by atoms with E-state index in [0.29, 0.717) is 17.9 Å². The molecule has 0 spiro atoms. The Morgan fingerprint density at radius 2 is 1.93 bits per heavy atom. The average Bonchev–Trinajstić information content (AvgIpc) is 2.64. The van der Waals surface area contributed by atoms with Crippen LogP contribution < -0.4 is 10.1 Å². The van der Waals surface area contributed by atoms with Crippen LogP contribution in [0.1, 0.15) is 18.9 Å². The van der Waals surface area contributed by atoms with Crippen LogP contribution in [0.3, 0.4) is 0 Å². The number of hydrogen-bond donors (Lipinski definition) is 1. The number of ether oxygens (including phenoxy) is 1. The smallest absolute Gasteiger partial charge is 0.243 e. The number of rotatable bonds is 8. The highest BCUT2D eigenvalue weighted by atomic mass is 79.9. The molecule has 0 bridgehead atoms. The molecule has 1 amide bonds. The van der Waals surface area contributed by atoms with Crippen LogP contribution in [0.4, 0.5) is 5.69 Å². The van der Waals surface area contributed by atoms with Crippen molar-refractivity contribution in [3.63, 3.8) is 0 Å². The normalized spacial score (nSPS) is 11.4. The van der Waals surface area contributed by atoms with Gasteiger partial charge in [-0.25, -0.2) is 8.42 Å². The van der Waals surface area contributed by atoms with Gasteiger partial charge in [0.1, 0.15) is 5.75 Å². The number of anilines is 1. The lowest BCUT2D eigenvalue weighted by Crippen LogP contribution is -2.38. The molecule has 2 aromatic carbocycles. The van der Waals surface area contributed by atoms with Crippen LogP contribution in [0.25, 0.3) is 0 Å². The number of aryl methyl sites for hydroxylation is 1. The van der Waals surface area contributed by atoms with Gasteiger partial charge in [-0.15, -0.1) is 0 Å². The fourth-order valence-electron chi connectivity index (χ4n) is 2.56. The van der Waals surface area contributed by atoms with E-state index in [9.17, 15) is 13.2 Å². The van der Waals surface area contributed by atoms with E-state index in [1.807, 2.05) is 13.8 Å². The molecule has 0 saturated carbocycles. The summed E-state index contributed by atoms with van der Waals surface area (Å²) in [5, 5.41) is 2.72. The van der Waals surface area contributed by atoms with Crippen molar-refractivity contribution in [3.05, 3.63) is 52.5 Å². The van der Waals surface area contributed by atoms with Gasteiger partial charge >= 0.3 is 0 Å². The number of halogens is 1. The Labute approximate surface area is 168 Å². The summed E-state index contributed by atoms with van der Waals surface area (Å²) in [6, 6.07) is 11.8. The molecule has 146 valence electrons. The first-order valence-electron chi connectivity index (χ1n) is 8.48. The van der Waals surface area contributed by atoms with Crippen molar-refractivity contribution in [2.75, 3.05) is 25.5 Å². The minimum Gasteiger partial charge on any atom is -0.495 e. The molecular formula is C19H23BrN2O4S. The molecule has 0 aromatic heterocycles. The average molecular weight is 455 g/mol. The van der Waals surface area contributed by atoms with Crippen molar-refractivity contribution in [2.24, 2.45) is 0 Å². The standard InChI is InChI=1S/C19H23BrN2O4S/c1-4-11-22(27(24,25)15-9-10-16(20)14(2)12-15)13-19(23)21-17-7-5-6-8-18(17)26-3/h5-10,12H,4,11,13H2,1-3H3,(H,21,23). The third kappa shape index (κ3) is 5.31. The SMILES string of the molecule is CCCN(CC(=O)Nc1ccccc1OC)S(=O)(=O)c1ccc(Br)c(C)c1. The van der Waals surface area contributed by atoms with Crippen molar-refractivity contribution >= 4 is 37.5 Å². The number of nitrogens with one attached hydrogen (secondary N) is 1. The summed E-state index contributed by atoms with van der Waals surface area (Å²) in [5.74, 6) is 0.0876. The number of benzene rings is 2. The van der Waals surface area contributed by atoms with Crippen molar-refractivity contribution in [3.8, 4) is 5.75 Å². The van der Waals surface area contributed by atoms with Crippen LogP contribution >= 0.6 is 15.9 Å². The number of methoxy groups -OCH3 is 1. The predicted octanol–water partition coefficient (Wildman–Crippen LogP) is 3.81. The maximum absolute atomic E-state index is 13.0.